The maximum Gasteiger partial charge on any atom is 0.0413 e. The van der Waals surface area contributed by atoms with Crippen LogP contribution >= 0.6 is 11.6 Å². The molecule has 2 rings (SSSR count). The monoisotopic (exact) mass is 210 g/mol. The van der Waals surface area contributed by atoms with Crippen LogP contribution in [0.1, 0.15) is 18.5 Å². The van der Waals surface area contributed by atoms with Gasteiger partial charge in [0.1, 0.15) is 0 Å². The highest BCUT2D eigenvalue weighted by Crippen LogP contribution is 2.29. The summed E-state index contributed by atoms with van der Waals surface area (Å²) in [6.07, 6.45) is 0. The van der Waals surface area contributed by atoms with Crippen LogP contribution in [0.2, 0.25) is 5.02 Å². The number of nitrogens with one attached hydrogen (secondary N) is 1. The topological polar surface area (TPSA) is 15.3 Å². The summed E-state index contributed by atoms with van der Waals surface area (Å²) in [5.41, 5.74) is 2.57. The zero-order chi connectivity index (χ0) is 10.1. The molecule has 14 heavy (non-hydrogen) atoms. The lowest BCUT2D eigenvalue weighted by Crippen LogP contribution is -2.25. The molecule has 2 nitrogen and oxygen atoms in total. The predicted octanol–water partition coefficient (Wildman–Crippen LogP) is 2.44. The molecule has 1 atom stereocenters. The Kier molecular flexibility index (Phi) is 2.66. The first kappa shape index (κ1) is 9.81. The number of nitrogens with zero attached hydrogens (tertiary/aromatic N) is 1. The SMILES string of the molecule is CC1NCCN(C)c2ccc(Cl)cc21. The summed E-state index contributed by atoms with van der Waals surface area (Å²) in [5.74, 6) is 0. The highest BCUT2D eigenvalue weighted by atomic mass is 35.5. The molecule has 0 spiro atoms. The molecule has 0 saturated carbocycles. The van der Waals surface area contributed by atoms with E-state index in [1.54, 1.807) is 0 Å². The first-order valence-electron chi connectivity index (χ1n) is 4.92. The molecule has 0 saturated heterocycles. The Morgan fingerprint density at radius 2 is 2.29 bits per heavy atom. The van der Waals surface area contributed by atoms with E-state index in [2.05, 4.69) is 36.3 Å². The second-order valence-electron chi connectivity index (χ2n) is 3.80. The molecule has 1 aromatic carbocycles. The van der Waals surface area contributed by atoms with Crippen LogP contribution in [0.4, 0.5) is 5.69 Å². The van der Waals surface area contributed by atoms with E-state index < -0.39 is 0 Å². The van der Waals surface area contributed by atoms with Gasteiger partial charge in [0.05, 0.1) is 0 Å². The highest BCUT2D eigenvalue weighted by Gasteiger charge is 2.17. The number of anilines is 1. The second-order valence-corrected chi connectivity index (χ2v) is 4.24. The Morgan fingerprint density at radius 1 is 1.50 bits per heavy atom. The standard InChI is InChI=1S/C11H15ClN2/c1-8-10-7-9(12)3-4-11(10)14(2)6-5-13-8/h3-4,7-8,13H,5-6H2,1-2H3. The lowest BCUT2D eigenvalue weighted by atomic mass is 10.1. The van der Waals surface area contributed by atoms with Gasteiger partial charge in [-0.05, 0) is 30.7 Å². The third-order valence-electron chi connectivity index (χ3n) is 2.77. The molecule has 0 radical (unpaired) electrons. The number of benzene rings is 1. The minimum atomic E-state index is 0.383. The van der Waals surface area contributed by atoms with E-state index in [1.165, 1.54) is 11.3 Å². The number of hydrogen-bond donors (Lipinski definition) is 1. The van der Waals surface area contributed by atoms with Gasteiger partial charge in [-0.3, -0.25) is 0 Å². The van der Waals surface area contributed by atoms with E-state index >= 15 is 0 Å². The molecule has 1 heterocycles. The molecule has 1 unspecified atom stereocenters. The third kappa shape index (κ3) is 1.72. The van der Waals surface area contributed by atoms with Gasteiger partial charge in [-0.15, -0.1) is 0 Å². The van der Waals surface area contributed by atoms with Crippen LogP contribution < -0.4 is 10.2 Å². The Bertz CT molecular complexity index is 338. The van der Waals surface area contributed by atoms with Gasteiger partial charge in [0.15, 0.2) is 0 Å². The normalized spacial score (nSPS) is 21.6. The largest absolute Gasteiger partial charge is 0.373 e. The Balaban J connectivity index is 2.48. The fourth-order valence-electron chi connectivity index (χ4n) is 1.90. The van der Waals surface area contributed by atoms with Crippen molar-refractivity contribution >= 4 is 17.3 Å². The van der Waals surface area contributed by atoms with Gasteiger partial charge in [0.25, 0.3) is 0 Å². The fraction of sp³-hybridized carbons (Fsp3) is 0.455. The predicted molar refractivity (Wildman–Crippen MR) is 61.1 cm³/mol. The second kappa shape index (κ2) is 3.79. The molecule has 0 fully saturated rings. The van der Waals surface area contributed by atoms with Gasteiger partial charge in [0.2, 0.25) is 0 Å². The van der Waals surface area contributed by atoms with Gasteiger partial charge in [-0.1, -0.05) is 11.6 Å². The van der Waals surface area contributed by atoms with Crippen molar-refractivity contribution in [3.05, 3.63) is 28.8 Å². The van der Waals surface area contributed by atoms with Crippen LogP contribution in [0.5, 0.6) is 0 Å². The van der Waals surface area contributed by atoms with Gasteiger partial charge in [-0.25, -0.2) is 0 Å². The molecule has 1 aliphatic rings. The Morgan fingerprint density at radius 3 is 3.07 bits per heavy atom. The van der Waals surface area contributed by atoms with E-state index in [0.29, 0.717) is 6.04 Å². The highest BCUT2D eigenvalue weighted by molar-refractivity contribution is 6.30. The van der Waals surface area contributed by atoms with Crippen molar-refractivity contribution < 1.29 is 0 Å². The van der Waals surface area contributed by atoms with Crippen LogP contribution in [0.25, 0.3) is 0 Å². The molecule has 0 aliphatic carbocycles. The summed E-state index contributed by atoms with van der Waals surface area (Å²) in [6, 6.07) is 6.49. The average Bonchev–Trinajstić information content (AvgIpc) is 2.28. The minimum absolute atomic E-state index is 0.383. The summed E-state index contributed by atoms with van der Waals surface area (Å²) in [7, 11) is 2.12. The number of likely N-dealkylation sites (N-methyl/N-ethyl adjacent to an activating group) is 1. The van der Waals surface area contributed by atoms with Crippen molar-refractivity contribution in [3.8, 4) is 0 Å². The molecule has 1 aliphatic heterocycles. The summed E-state index contributed by atoms with van der Waals surface area (Å²) >= 11 is 6.00. The van der Waals surface area contributed by atoms with Gasteiger partial charge in [0, 0.05) is 36.9 Å². The number of rotatable bonds is 0. The molecular formula is C11H15ClN2. The fourth-order valence-corrected chi connectivity index (χ4v) is 2.08. The van der Waals surface area contributed by atoms with Gasteiger partial charge in [-0.2, -0.15) is 0 Å². The maximum atomic E-state index is 6.00. The smallest absolute Gasteiger partial charge is 0.0413 e. The van der Waals surface area contributed by atoms with Crippen molar-refractivity contribution in [2.45, 2.75) is 13.0 Å². The molecule has 1 aromatic rings. The van der Waals surface area contributed by atoms with Crippen LogP contribution in [-0.2, 0) is 0 Å². The third-order valence-corrected chi connectivity index (χ3v) is 3.00. The van der Waals surface area contributed by atoms with Gasteiger partial charge < -0.3 is 10.2 Å². The first-order chi connectivity index (χ1) is 6.68. The van der Waals surface area contributed by atoms with Crippen molar-refractivity contribution in [1.82, 2.24) is 5.32 Å². The molecule has 3 heteroatoms. The maximum absolute atomic E-state index is 6.00. The molecule has 1 N–H and O–H groups in total. The molecule has 0 amide bonds. The van der Waals surface area contributed by atoms with E-state index in [0.717, 1.165) is 18.1 Å². The molecule has 0 bridgehead atoms. The van der Waals surface area contributed by atoms with E-state index in [9.17, 15) is 0 Å². The van der Waals surface area contributed by atoms with Crippen molar-refractivity contribution in [1.29, 1.82) is 0 Å². The number of halogens is 1. The van der Waals surface area contributed by atoms with Crippen molar-refractivity contribution in [2.75, 3.05) is 25.0 Å². The van der Waals surface area contributed by atoms with Crippen LogP contribution in [-0.4, -0.2) is 20.1 Å². The quantitative estimate of drug-likeness (QED) is 0.708. The zero-order valence-electron chi connectivity index (χ0n) is 8.55. The van der Waals surface area contributed by atoms with Crippen LogP contribution in [0.3, 0.4) is 0 Å². The Hall–Kier alpha value is -0.730. The molecular weight excluding hydrogens is 196 g/mol. The zero-order valence-corrected chi connectivity index (χ0v) is 9.30. The number of hydrogen-bond acceptors (Lipinski definition) is 2. The summed E-state index contributed by atoms with van der Waals surface area (Å²) in [6.45, 7) is 4.23. The van der Waals surface area contributed by atoms with E-state index in [-0.39, 0.29) is 0 Å². The lowest BCUT2D eigenvalue weighted by molar-refractivity contribution is 0.596. The van der Waals surface area contributed by atoms with Crippen molar-refractivity contribution in [2.24, 2.45) is 0 Å². The number of fused-ring (bicyclic) bond motifs is 1. The van der Waals surface area contributed by atoms with Gasteiger partial charge >= 0.3 is 0 Å². The Labute approximate surface area is 89.9 Å². The molecule has 76 valence electrons. The minimum Gasteiger partial charge on any atom is -0.373 e. The van der Waals surface area contributed by atoms with Crippen LogP contribution in [0, 0.1) is 0 Å². The summed E-state index contributed by atoms with van der Waals surface area (Å²) < 4.78 is 0. The average molecular weight is 211 g/mol. The van der Waals surface area contributed by atoms with E-state index in [1.807, 2.05) is 6.07 Å². The summed E-state index contributed by atoms with van der Waals surface area (Å²) in [5, 5.41) is 4.27. The molecule has 0 aromatic heterocycles. The van der Waals surface area contributed by atoms with E-state index in [4.69, 9.17) is 11.6 Å². The summed E-state index contributed by atoms with van der Waals surface area (Å²) in [4.78, 5) is 2.27. The first-order valence-corrected chi connectivity index (χ1v) is 5.30. The van der Waals surface area contributed by atoms with Crippen LogP contribution in [0.15, 0.2) is 18.2 Å². The lowest BCUT2D eigenvalue weighted by Gasteiger charge is -2.19. The van der Waals surface area contributed by atoms with Crippen molar-refractivity contribution in [3.63, 3.8) is 0 Å².